The molecular formula is C14H21N3O2. The second-order valence-electron chi connectivity index (χ2n) is 4.46. The summed E-state index contributed by atoms with van der Waals surface area (Å²) in [6.45, 7) is 4.89. The van der Waals surface area contributed by atoms with E-state index in [1.165, 1.54) is 0 Å². The number of rotatable bonds is 6. The number of carbonyl (C=O) groups excluding carboxylic acids is 1. The van der Waals surface area contributed by atoms with Gasteiger partial charge in [0.1, 0.15) is 0 Å². The van der Waals surface area contributed by atoms with Gasteiger partial charge in [-0.25, -0.2) is 0 Å². The molecule has 1 rings (SSSR count). The Labute approximate surface area is 113 Å². The first kappa shape index (κ1) is 15.0. The van der Waals surface area contributed by atoms with Crippen LogP contribution in [-0.4, -0.2) is 23.5 Å². The Kier molecular flexibility index (Phi) is 5.85. The van der Waals surface area contributed by atoms with Crippen LogP contribution in [-0.2, 0) is 0 Å². The molecule has 0 aliphatic heterocycles. The summed E-state index contributed by atoms with van der Waals surface area (Å²) in [5.74, 6) is 0.352. The molecule has 0 bridgehead atoms. The zero-order chi connectivity index (χ0) is 14.3. The minimum atomic E-state index is -0.139. The lowest BCUT2D eigenvalue weighted by Gasteiger charge is -2.13. The number of nitrogens with zero attached hydrogens (tertiary/aromatic N) is 1. The Morgan fingerprint density at radius 1 is 1.37 bits per heavy atom. The number of carbonyl (C=O) groups is 1. The second kappa shape index (κ2) is 7.41. The second-order valence-corrected chi connectivity index (χ2v) is 4.46. The van der Waals surface area contributed by atoms with Crippen LogP contribution in [0, 0.1) is 5.92 Å². The largest absolute Gasteiger partial charge is 0.409 e. The van der Waals surface area contributed by atoms with Crippen LogP contribution in [0.1, 0.15) is 42.6 Å². The van der Waals surface area contributed by atoms with E-state index in [0.29, 0.717) is 23.6 Å². The summed E-state index contributed by atoms with van der Waals surface area (Å²) in [4.78, 5) is 12.0. The number of nitrogens with one attached hydrogen (secondary N) is 1. The first-order chi connectivity index (χ1) is 9.12. The van der Waals surface area contributed by atoms with Crippen molar-refractivity contribution in [1.29, 1.82) is 0 Å². The average molecular weight is 263 g/mol. The van der Waals surface area contributed by atoms with Crippen molar-refractivity contribution in [2.24, 2.45) is 16.8 Å². The lowest BCUT2D eigenvalue weighted by molar-refractivity contribution is 0.0946. The van der Waals surface area contributed by atoms with E-state index in [9.17, 15) is 4.79 Å². The third-order valence-corrected chi connectivity index (χ3v) is 3.23. The number of hydrogen-bond donors (Lipinski definition) is 3. The molecule has 0 aliphatic rings. The van der Waals surface area contributed by atoms with Crippen LogP contribution in [0.25, 0.3) is 0 Å². The average Bonchev–Trinajstić information content (AvgIpc) is 2.47. The van der Waals surface area contributed by atoms with Crippen molar-refractivity contribution in [3.8, 4) is 0 Å². The highest BCUT2D eigenvalue weighted by atomic mass is 16.4. The summed E-state index contributed by atoms with van der Waals surface area (Å²) >= 11 is 0. The molecule has 4 N–H and O–H groups in total. The SMILES string of the molecule is CCC(CC)CNC(=O)c1cccc(/C(N)=N/O)c1. The Bertz CT molecular complexity index is 454. The van der Waals surface area contributed by atoms with E-state index in [4.69, 9.17) is 10.9 Å². The van der Waals surface area contributed by atoms with Crippen LogP contribution in [0.5, 0.6) is 0 Å². The highest BCUT2D eigenvalue weighted by Crippen LogP contribution is 2.08. The van der Waals surface area contributed by atoms with Crippen molar-refractivity contribution in [1.82, 2.24) is 5.32 Å². The number of benzene rings is 1. The molecule has 1 aromatic rings. The fraction of sp³-hybridized carbons (Fsp3) is 0.429. The van der Waals surface area contributed by atoms with Gasteiger partial charge in [0, 0.05) is 17.7 Å². The third kappa shape index (κ3) is 4.28. The van der Waals surface area contributed by atoms with E-state index in [1.807, 2.05) is 0 Å². The smallest absolute Gasteiger partial charge is 0.251 e. The van der Waals surface area contributed by atoms with Crippen molar-refractivity contribution >= 4 is 11.7 Å². The number of hydrogen-bond acceptors (Lipinski definition) is 3. The van der Waals surface area contributed by atoms with E-state index < -0.39 is 0 Å². The molecule has 0 aromatic heterocycles. The van der Waals surface area contributed by atoms with Gasteiger partial charge in [-0.15, -0.1) is 0 Å². The lowest BCUT2D eigenvalue weighted by atomic mass is 10.0. The van der Waals surface area contributed by atoms with E-state index in [0.717, 1.165) is 12.8 Å². The summed E-state index contributed by atoms with van der Waals surface area (Å²) in [6, 6.07) is 6.71. The van der Waals surface area contributed by atoms with E-state index in [-0.39, 0.29) is 11.7 Å². The van der Waals surface area contributed by atoms with Gasteiger partial charge in [-0.05, 0) is 18.1 Å². The summed E-state index contributed by atoms with van der Waals surface area (Å²) in [5.41, 5.74) is 6.53. The van der Waals surface area contributed by atoms with Gasteiger partial charge in [0.15, 0.2) is 5.84 Å². The summed E-state index contributed by atoms with van der Waals surface area (Å²) in [6.07, 6.45) is 2.09. The molecule has 0 spiro atoms. The van der Waals surface area contributed by atoms with Crippen LogP contribution < -0.4 is 11.1 Å². The fourth-order valence-electron chi connectivity index (χ4n) is 1.79. The van der Waals surface area contributed by atoms with Gasteiger partial charge in [-0.2, -0.15) is 0 Å². The molecule has 0 heterocycles. The maximum absolute atomic E-state index is 12.0. The van der Waals surface area contributed by atoms with Crippen LogP contribution in [0.15, 0.2) is 29.4 Å². The topological polar surface area (TPSA) is 87.7 Å². The van der Waals surface area contributed by atoms with Gasteiger partial charge in [0.25, 0.3) is 5.91 Å². The van der Waals surface area contributed by atoms with Gasteiger partial charge in [0.2, 0.25) is 0 Å². The minimum absolute atomic E-state index is 0.00496. The first-order valence-corrected chi connectivity index (χ1v) is 6.48. The number of nitrogens with two attached hydrogens (primary N) is 1. The van der Waals surface area contributed by atoms with E-state index >= 15 is 0 Å². The fourth-order valence-corrected chi connectivity index (χ4v) is 1.79. The zero-order valence-electron chi connectivity index (χ0n) is 11.4. The van der Waals surface area contributed by atoms with E-state index in [1.54, 1.807) is 24.3 Å². The van der Waals surface area contributed by atoms with Gasteiger partial charge >= 0.3 is 0 Å². The Balaban J connectivity index is 2.72. The Morgan fingerprint density at radius 3 is 2.58 bits per heavy atom. The standard InChI is InChI=1S/C14H21N3O2/c1-3-10(4-2)9-16-14(18)12-7-5-6-11(8-12)13(15)17-19/h5-8,10,19H,3-4,9H2,1-2H3,(H2,15,17)(H,16,18). The van der Waals surface area contributed by atoms with Crippen LogP contribution in [0.4, 0.5) is 0 Å². The molecule has 5 heteroatoms. The van der Waals surface area contributed by atoms with E-state index in [2.05, 4.69) is 24.3 Å². The Morgan fingerprint density at radius 2 is 2.00 bits per heavy atom. The highest BCUT2D eigenvalue weighted by Gasteiger charge is 2.10. The van der Waals surface area contributed by atoms with Crippen LogP contribution >= 0.6 is 0 Å². The maximum atomic E-state index is 12.0. The molecule has 0 saturated carbocycles. The van der Waals surface area contributed by atoms with Crippen molar-refractivity contribution < 1.29 is 10.0 Å². The van der Waals surface area contributed by atoms with Gasteiger partial charge in [-0.1, -0.05) is 44.0 Å². The van der Waals surface area contributed by atoms with Crippen molar-refractivity contribution in [2.45, 2.75) is 26.7 Å². The van der Waals surface area contributed by atoms with Crippen molar-refractivity contribution in [3.05, 3.63) is 35.4 Å². The van der Waals surface area contributed by atoms with Crippen LogP contribution in [0.3, 0.4) is 0 Å². The summed E-state index contributed by atoms with van der Waals surface area (Å²) in [7, 11) is 0. The monoisotopic (exact) mass is 263 g/mol. The number of amidine groups is 1. The van der Waals surface area contributed by atoms with Gasteiger partial charge in [-0.3, -0.25) is 4.79 Å². The van der Waals surface area contributed by atoms with Crippen molar-refractivity contribution in [3.63, 3.8) is 0 Å². The highest BCUT2D eigenvalue weighted by molar-refractivity contribution is 6.01. The first-order valence-electron chi connectivity index (χ1n) is 6.48. The maximum Gasteiger partial charge on any atom is 0.251 e. The molecule has 1 amide bonds. The molecular weight excluding hydrogens is 242 g/mol. The summed E-state index contributed by atoms with van der Waals surface area (Å²) < 4.78 is 0. The minimum Gasteiger partial charge on any atom is -0.409 e. The normalized spacial score (nSPS) is 11.6. The van der Waals surface area contributed by atoms with Gasteiger partial charge < -0.3 is 16.3 Å². The quantitative estimate of drug-likeness (QED) is 0.317. The molecule has 0 saturated heterocycles. The third-order valence-electron chi connectivity index (χ3n) is 3.23. The molecule has 104 valence electrons. The predicted molar refractivity (Wildman–Crippen MR) is 75.4 cm³/mol. The molecule has 0 fully saturated rings. The molecule has 5 nitrogen and oxygen atoms in total. The van der Waals surface area contributed by atoms with Crippen LogP contribution in [0.2, 0.25) is 0 Å². The number of amides is 1. The number of oxime groups is 1. The lowest BCUT2D eigenvalue weighted by Crippen LogP contribution is -2.29. The predicted octanol–water partition coefficient (Wildman–Crippen LogP) is 1.95. The molecule has 0 atom stereocenters. The van der Waals surface area contributed by atoms with Crippen molar-refractivity contribution in [2.75, 3.05) is 6.54 Å². The molecule has 0 aliphatic carbocycles. The summed E-state index contributed by atoms with van der Waals surface area (Å²) in [5, 5.41) is 14.4. The molecule has 19 heavy (non-hydrogen) atoms. The molecule has 0 radical (unpaired) electrons. The Hall–Kier alpha value is -2.04. The molecule has 1 aromatic carbocycles. The zero-order valence-corrected chi connectivity index (χ0v) is 11.4. The molecule has 0 unspecified atom stereocenters. The van der Waals surface area contributed by atoms with Gasteiger partial charge in [0.05, 0.1) is 0 Å².